The third kappa shape index (κ3) is 2.54. The quantitative estimate of drug-likeness (QED) is 0.769. The smallest absolute Gasteiger partial charge is 0.134 e. The van der Waals surface area contributed by atoms with Gasteiger partial charge in [0.25, 0.3) is 0 Å². The predicted molar refractivity (Wildman–Crippen MR) is 78.1 cm³/mol. The van der Waals surface area contributed by atoms with Crippen LogP contribution in [0, 0.1) is 11.6 Å². The number of halogens is 2. The number of benzene rings is 2. The summed E-state index contributed by atoms with van der Waals surface area (Å²) in [5, 5.41) is 4.15. The summed E-state index contributed by atoms with van der Waals surface area (Å²) < 4.78 is 32.7. The Bertz CT molecular complexity index is 766. The number of fused-ring (bicyclic) bond motifs is 1. The Kier molecular flexibility index (Phi) is 3.71. The molecular weight excluding hydrogens is 272 g/mol. The maximum atomic E-state index is 14.1. The van der Waals surface area contributed by atoms with E-state index in [1.54, 1.807) is 6.26 Å². The minimum Gasteiger partial charge on any atom is -0.464 e. The van der Waals surface area contributed by atoms with Crippen molar-refractivity contribution in [1.29, 1.82) is 0 Å². The van der Waals surface area contributed by atoms with E-state index in [9.17, 15) is 8.78 Å². The zero-order valence-electron chi connectivity index (χ0n) is 11.6. The second-order valence-corrected chi connectivity index (χ2v) is 4.84. The van der Waals surface area contributed by atoms with Gasteiger partial charge in [-0.3, -0.25) is 0 Å². The normalized spacial score (nSPS) is 12.7. The van der Waals surface area contributed by atoms with Gasteiger partial charge in [-0.1, -0.05) is 31.2 Å². The molecule has 2 nitrogen and oxygen atoms in total. The fraction of sp³-hybridized carbons (Fsp3) is 0.176. The molecule has 4 heteroatoms. The summed E-state index contributed by atoms with van der Waals surface area (Å²) in [6.45, 7) is 2.59. The van der Waals surface area contributed by atoms with E-state index in [2.05, 4.69) is 5.32 Å². The molecule has 3 rings (SSSR count). The fourth-order valence-electron chi connectivity index (χ4n) is 2.55. The third-order valence-corrected chi connectivity index (χ3v) is 3.50. The molecule has 0 saturated heterocycles. The third-order valence-electron chi connectivity index (χ3n) is 3.50. The maximum absolute atomic E-state index is 14.1. The van der Waals surface area contributed by atoms with Crippen LogP contribution in [0.4, 0.5) is 8.78 Å². The zero-order valence-corrected chi connectivity index (χ0v) is 11.6. The molecule has 2 aromatic carbocycles. The molecule has 0 aliphatic carbocycles. The van der Waals surface area contributed by atoms with Gasteiger partial charge in [0.1, 0.15) is 17.2 Å². The van der Waals surface area contributed by atoms with Crippen molar-refractivity contribution < 1.29 is 13.2 Å². The lowest BCUT2D eigenvalue weighted by molar-refractivity contribution is 0.536. The van der Waals surface area contributed by atoms with E-state index in [0.29, 0.717) is 12.1 Å². The Labute approximate surface area is 121 Å². The average Bonchev–Trinajstić information content (AvgIpc) is 2.89. The predicted octanol–water partition coefficient (Wildman–Crippen LogP) is 4.41. The molecule has 0 bridgehead atoms. The average molecular weight is 287 g/mol. The largest absolute Gasteiger partial charge is 0.464 e. The summed E-state index contributed by atoms with van der Waals surface area (Å²) in [4.78, 5) is 0. The first-order chi connectivity index (χ1) is 10.2. The van der Waals surface area contributed by atoms with Crippen LogP contribution in [0.2, 0.25) is 0 Å². The van der Waals surface area contributed by atoms with E-state index in [4.69, 9.17) is 4.42 Å². The number of para-hydroxylation sites is 1. The lowest BCUT2D eigenvalue weighted by atomic mass is 9.97. The summed E-state index contributed by atoms with van der Waals surface area (Å²) in [5.41, 5.74) is 2.00. The number of rotatable bonds is 4. The van der Waals surface area contributed by atoms with Crippen molar-refractivity contribution in [2.75, 3.05) is 6.54 Å². The molecule has 1 heterocycles. The highest BCUT2D eigenvalue weighted by Gasteiger charge is 2.21. The summed E-state index contributed by atoms with van der Waals surface area (Å²) in [5.74, 6) is -1.14. The summed E-state index contributed by atoms with van der Waals surface area (Å²) in [6, 6.07) is 10.9. The first-order valence-corrected chi connectivity index (χ1v) is 6.85. The molecule has 0 spiro atoms. The molecule has 108 valence electrons. The Morgan fingerprint density at radius 3 is 2.67 bits per heavy atom. The van der Waals surface area contributed by atoms with Gasteiger partial charge >= 0.3 is 0 Å². The monoisotopic (exact) mass is 287 g/mol. The zero-order chi connectivity index (χ0) is 14.8. The van der Waals surface area contributed by atoms with Crippen LogP contribution in [0.1, 0.15) is 24.1 Å². The van der Waals surface area contributed by atoms with Crippen molar-refractivity contribution in [3.8, 4) is 0 Å². The Balaban J connectivity index is 2.13. The van der Waals surface area contributed by atoms with E-state index < -0.39 is 11.6 Å². The topological polar surface area (TPSA) is 25.2 Å². The van der Waals surface area contributed by atoms with Crippen LogP contribution in [0.25, 0.3) is 11.0 Å². The van der Waals surface area contributed by atoms with E-state index >= 15 is 0 Å². The second kappa shape index (κ2) is 5.66. The van der Waals surface area contributed by atoms with Gasteiger partial charge in [-0.05, 0) is 18.7 Å². The summed E-state index contributed by atoms with van der Waals surface area (Å²) >= 11 is 0. The van der Waals surface area contributed by atoms with Gasteiger partial charge in [0.2, 0.25) is 0 Å². The van der Waals surface area contributed by atoms with Crippen molar-refractivity contribution in [3.63, 3.8) is 0 Å². The molecule has 0 radical (unpaired) electrons. The first kappa shape index (κ1) is 13.8. The molecule has 1 unspecified atom stereocenters. The molecule has 0 aliphatic heterocycles. The van der Waals surface area contributed by atoms with Crippen LogP contribution in [-0.2, 0) is 0 Å². The molecule has 1 N–H and O–H groups in total. The van der Waals surface area contributed by atoms with Gasteiger partial charge in [0, 0.05) is 22.6 Å². The van der Waals surface area contributed by atoms with Crippen LogP contribution >= 0.6 is 0 Å². The van der Waals surface area contributed by atoms with Crippen LogP contribution in [0.15, 0.2) is 53.1 Å². The van der Waals surface area contributed by atoms with E-state index in [-0.39, 0.29) is 6.04 Å². The van der Waals surface area contributed by atoms with Crippen molar-refractivity contribution in [2.45, 2.75) is 13.0 Å². The molecule has 0 saturated carbocycles. The van der Waals surface area contributed by atoms with Gasteiger partial charge in [-0.15, -0.1) is 0 Å². The lowest BCUT2D eigenvalue weighted by Crippen LogP contribution is -2.22. The fourth-order valence-corrected chi connectivity index (χ4v) is 2.55. The van der Waals surface area contributed by atoms with Crippen molar-refractivity contribution >= 4 is 11.0 Å². The molecule has 21 heavy (non-hydrogen) atoms. The molecule has 0 aliphatic rings. The standard InChI is InChI=1S/C17H15F2NO/c1-2-20-17(13-8-7-11(18)9-15(13)19)14-10-21-16-6-4-3-5-12(14)16/h3-10,17,20H,2H2,1H3. The highest BCUT2D eigenvalue weighted by atomic mass is 19.1. The molecular formula is C17H15F2NO. The minimum absolute atomic E-state index is 0.376. The molecule has 1 aromatic heterocycles. The van der Waals surface area contributed by atoms with Gasteiger partial charge in [0.15, 0.2) is 0 Å². The van der Waals surface area contributed by atoms with Crippen LogP contribution < -0.4 is 5.32 Å². The highest BCUT2D eigenvalue weighted by Crippen LogP contribution is 2.31. The minimum atomic E-state index is -0.580. The summed E-state index contributed by atoms with van der Waals surface area (Å²) in [6.07, 6.45) is 1.63. The maximum Gasteiger partial charge on any atom is 0.134 e. The Morgan fingerprint density at radius 2 is 1.90 bits per heavy atom. The first-order valence-electron chi connectivity index (χ1n) is 6.85. The van der Waals surface area contributed by atoms with Crippen LogP contribution in [-0.4, -0.2) is 6.54 Å². The molecule has 3 aromatic rings. The van der Waals surface area contributed by atoms with Crippen LogP contribution in [0.5, 0.6) is 0 Å². The Morgan fingerprint density at radius 1 is 1.10 bits per heavy atom. The number of furan rings is 1. The molecule has 0 amide bonds. The van der Waals surface area contributed by atoms with Gasteiger partial charge < -0.3 is 9.73 Å². The highest BCUT2D eigenvalue weighted by molar-refractivity contribution is 5.81. The van der Waals surface area contributed by atoms with Crippen LogP contribution in [0.3, 0.4) is 0 Å². The number of nitrogens with one attached hydrogen (secondary N) is 1. The lowest BCUT2D eigenvalue weighted by Gasteiger charge is -2.18. The van der Waals surface area contributed by atoms with E-state index in [1.807, 2.05) is 31.2 Å². The van der Waals surface area contributed by atoms with E-state index in [0.717, 1.165) is 22.6 Å². The number of hydrogen-bond donors (Lipinski definition) is 1. The number of hydrogen-bond acceptors (Lipinski definition) is 2. The second-order valence-electron chi connectivity index (χ2n) is 4.84. The summed E-state index contributed by atoms with van der Waals surface area (Å²) in [7, 11) is 0. The van der Waals surface area contributed by atoms with Gasteiger partial charge in [-0.2, -0.15) is 0 Å². The van der Waals surface area contributed by atoms with Crippen molar-refractivity contribution in [3.05, 3.63) is 71.5 Å². The van der Waals surface area contributed by atoms with E-state index in [1.165, 1.54) is 12.1 Å². The molecule has 0 fully saturated rings. The van der Waals surface area contributed by atoms with Gasteiger partial charge in [0.05, 0.1) is 12.3 Å². The van der Waals surface area contributed by atoms with Gasteiger partial charge in [-0.25, -0.2) is 8.78 Å². The van der Waals surface area contributed by atoms with Crippen molar-refractivity contribution in [2.24, 2.45) is 0 Å². The Hall–Kier alpha value is -2.20. The molecule has 1 atom stereocenters. The SMILES string of the molecule is CCNC(c1ccc(F)cc1F)c1coc2ccccc12. The van der Waals surface area contributed by atoms with Crippen molar-refractivity contribution in [1.82, 2.24) is 5.32 Å².